The number of amides is 1. The Morgan fingerprint density at radius 3 is 2.79 bits per heavy atom. The molecule has 102 valence electrons. The Labute approximate surface area is 120 Å². The van der Waals surface area contributed by atoms with Gasteiger partial charge in [0.1, 0.15) is 0 Å². The fraction of sp³-hybridized carbons (Fsp3) is 0.429. The zero-order valence-electron chi connectivity index (χ0n) is 10.8. The van der Waals surface area contributed by atoms with E-state index in [4.69, 9.17) is 5.11 Å². The molecule has 0 saturated heterocycles. The van der Waals surface area contributed by atoms with E-state index in [0.29, 0.717) is 13.1 Å². The molecule has 1 amide bonds. The van der Waals surface area contributed by atoms with Crippen molar-refractivity contribution in [1.82, 2.24) is 4.90 Å². The van der Waals surface area contributed by atoms with Gasteiger partial charge in [0.25, 0.3) is 0 Å². The highest BCUT2D eigenvalue weighted by Crippen LogP contribution is 2.26. The molecule has 1 N–H and O–H groups in total. The Morgan fingerprint density at radius 1 is 1.37 bits per heavy atom. The Bertz CT molecular complexity index is 528. The summed E-state index contributed by atoms with van der Waals surface area (Å²) in [6.07, 6.45) is 0.816. The molecule has 0 radical (unpaired) electrons. The van der Waals surface area contributed by atoms with Gasteiger partial charge in [0.15, 0.2) is 0 Å². The summed E-state index contributed by atoms with van der Waals surface area (Å²) < 4.78 is 1.06. The maximum Gasteiger partial charge on any atom is 0.303 e. The number of hydrogen-bond donors (Lipinski definition) is 1. The van der Waals surface area contributed by atoms with Gasteiger partial charge in [-0.3, -0.25) is 9.59 Å². The van der Waals surface area contributed by atoms with Crippen LogP contribution in [0, 0.1) is 6.92 Å². The molecular weight excluding hydrogens is 310 g/mol. The third kappa shape index (κ3) is 3.35. The minimum absolute atomic E-state index is 0.0737. The van der Waals surface area contributed by atoms with Gasteiger partial charge in [-0.05, 0) is 42.2 Å². The average Bonchev–Trinajstić information content (AvgIpc) is 2.35. The molecule has 2 rings (SSSR count). The van der Waals surface area contributed by atoms with Crippen LogP contribution in [0.2, 0.25) is 0 Å². The second-order valence-electron chi connectivity index (χ2n) is 4.82. The van der Waals surface area contributed by atoms with Crippen molar-refractivity contribution in [3.05, 3.63) is 33.3 Å². The standard InChI is InChI=1S/C14H16BrNO3/c1-9-6-11(15)7-10-4-5-16(8-12(9)10)13(17)2-3-14(18)19/h6-7H,2-5,8H2,1H3,(H,18,19). The van der Waals surface area contributed by atoms with Crippen molar-refractivity contribution in [1.29, 1.82) is 0 Å². The van der Waals surface area contributed by atoms with Crippen LogP contribution in [0.5, 0.6) is 0 Å². The number of carbonyl (C=O) groups excluding carboxylic acids is 1. The number of fused-ring (bicyclic) bond motifs is 1. The molecule has 0 atom stereocenters. The van der Waals surface area contributed by atoms with Crippen molar-refractivity contribution in [3.8, 4) is 0 Å². The summed E-state index contributed by atoms with van der Waals surface area (Å²) in [7, 11) is 0. The molecular formula is C14H16BrNO3. The monoisotopic (exact) mass is 325 g/mol. The van der Waals surface area contributed by atoms with Gasteiger partial charge in [0, 0.05) is 24.0 Å². The van der Waals surface area contributed by atoms with Gasteiger partial charge in [0.05, 0.1) is 6.42 Å². The predicted molar refractivity (Wildman–Crippen MR) is 74.9 cm³/mol. The molecule has 0 aromatic heterocycles. The second kappa shape index (κ2) is 5.74. The minimum atomic E-state index is -0.925. The first-order valence-electron chi connectivity index (χ1n) is 6.25. The summed E-state index contributed by atoms with van der Waals surface area (Å²) in [6, 6.07) is 4.14. The quantitative estimate of drug-likeness (QED) is 0.928. The number of aliphatic carboxylic acids is 1. The van der Waals surface area contributed by atoms with Crippen LogP contribution in [-0.2, 0) is 22.6 Å². The van der Waals surface area contributed by atoms with Crippen molar-refractivity contribution in [2.45, 2.75) is 32.7 Å². The number of carbonyl (C=O) groups is 2. The Balaban J connectivity index is 2.09. The first kappa shape index (κ1) is 14.1. The van der Waals surface area contributed by atoms with Crippen LogP contribution >= 0.6 is 15.9 Å². The number of carboxylic acids is 1. The summed E-state index contributed by atoms with van der Waals surface area (Å²) in [5.74, 6) is -0.999. The Kier molecular flexibility index (Phi) is 4.24. The van der Waals surface area contributed by atoms with Crippen molar-refractivity contribution in [2.24, 2.45) is 0 Å². The van der Waals surface area contributed by atoms with E-state index in [0.717, 1.165) is 10.9 Å². The maximum absolute atomic E-state index is 11.9. The van der Waals surface area contributed by atoms with E-state index in [1.54, 1.807) is 4.90 Å². The van der Waals surface area contributed by atoms with Gasteiger partial charge in [-0.25, -0.2) is 0 Å². The van der Waals surface area contributed by atoms with E-state index < -0.39 is 5.97 Å². The topological polar surface area (TPSA) is 57.6 Å². The zero-order chi connectivity index (χ0) is 14.0. The molecule has 0 aliphatic carbocycles. The molecule has 0 saturated carbocycles. The first-order chi connectivity index (χ1) is 8.97. The Morgan fingerprint density at radius 2 is 2.11 bits per heavy atom. The number of nitrogens with zero attached hydrogens (tertiary/aromatic N) is 1. The highest BCUT2D eigenvalue weighted by Gasteiger charge is 2.22. The fourth-order valence-corrected chi connectivity index (χ4v) is 3.02. The molecule has 0 unspecified atom stereocenters. The molecule has 0 fully saturated rings. The summed E-state index contributed by atoms with van der Waals surface area (Å²) >= 11 is 3.48. The lowest BCUT2D eigenvalue weighted by molar-refractivity contribution is -0.141. The number of carboxylic acid groups (broad SMARTS) is 1. The lowest BCUT2D eigenvalue weighted by Crippen LogP contribution is -2.36. The number of rotatable bonds is 3. The highest BCUT2D eigenvalue weighted by molar-refractivity contribution is 9.10. The molecule has 0 spiro atoms. The third-order valence-electron chi connectivity index (χ3n) is 3.44. The SMILES string of the molecule is Cc1cc(Br)cc2c1CN(C(=O)CCC(=O)O)CC2. The molecule has 1 aliphatic heterocycles. The van der Waals surface area contributed by atoms with Gasteiger partial charge in [-0.15, -0.1) is 0 Å². The molecule has 1 aromatic rings. The second-order valence-corrected chi connectivity index (χ2v) is 5.74. The van der Waals surface area contributed by atoms with E-state index in [-0.39, 0.29) is 18.7 Å². The van der Waals surface area contributed by atoms with Gasteiger partial charge in [0.2, 0.25) is 5.91 Å². The van der Waals surface area contributed by atoms with E-state index >= 15 is 0 Å². The predicted octanol–water partition coefficient (Wildman–Crippen LogP) is 2.51. The lowest BCUT2D eigenvalue weighted by atomic mass is 9.95. The summed E-state index contributed by atoms with van der Waals surface area (Å²) in [5.41, 5.74) is 3.63. The van der Waals surface area contributed by atoms with Crippen LogP contribution in [0.4, 0.5) is 0 Å². The van der Waals surface area contributed by atoms with Crippen molar-refractivity contribution < 1.29 is 14.7 Å². The summed E-state index contributed by atoms with van der Waals surface area (Å²) in [5, 5.41) is 8.62. The van der Waals surface area contributed by atoms with Crippen LogP contribution < -0.4 is 0 Å². The molecule has 4 nitrogen and oxygen atoms in total. The molecule has 5 heteroatoms. The number of benzene rings is 1. The van der Waals surface area contributed by atoms with Crippen LogP contribution in [-0.4, -0.2) is 28.4 Å². The summed E-state index contributed by atoms with van der Waals surface area (Å²) in [6.45, 7) is 3.29. The normalized spacial score (nSPS) is 14.1. The van der Waals surface area contributed by atoms with E-state index in [2.05, 4.69) is 22.0 Å². The minimum Gasteiger partial charge on any atom is -0.481 e. The molecule has 1 aliphatic rings. The van der Waals surface area contributed by atoms with Crippen LogP contribution in [0.1, 0.15) is 29.5 Å². The van der Waals surface area contributed by atoms with Gasteiger partial charge in [-0.2, -0.15) is 0 Å². The average molecular weight is 326 g/mol. The van der Waals surface area contributed by atoms with Crippen molar-refractivity contribution in [3.63, 3.8) is 0 Å². The molecule has 1 heterocycles. The van der Waals surface area contributed by atoms with Crippen LogP contribution in [0.15, 0.2) is 16.6 Å². The van der Waals surface area contributed by atoms with Crippen LogP contribution in [0.3, 0.4) is 0 Å². The molecule has 0 bridgehead atoms. The number of halogens is 1. The smallest absolute Gasteiger partial charge is 0.303 e. The highest BCUT2D eigenvalue weighted by atomic mass is 79.9. The fourth-order valence-electron chi connectivity index (χ4n) is 2.40. The first-order valence-corrected chi connectivity index (χ1v) is 7.04. The zero-order valence-corrected chi connectivity index (χ0v) is 12.4. The van der Waals surface area contributed by atoms with Crippen molar-refractivity contribution >= 4 is 27.8 Å². The number of aryl methyl sites for hydroxylation is 1. The van der Waals surface area contributed by atoms with Gasteiger partial charge in [-0.1, -0.05) is 15.9 Å². The van der Waals surface area contributed by atoms with Gasteiger partial charge < -0.3 is 10.0 Å². The van der Waals surface area contributed by atoms with E-state index in [1.807, 2.05) is 13.0 Å². The largest absolute Gasteiger partial charge is 0.481 e. The van der Waals surface area contributed by atoms with Crippen LogP contribution in [0.25, 0.3) is 0 Å². The molecule has 19 heavy (non-hydrogen) atoms. The van der Waals surface area contributed by atoms with Gasteiger partial charge >= 0.3 is 5.97 Å². The van der Waals surface area contributed by atoms with E-state index in [9.17, 15) is 9.59 Å². The van der Waals surface area contributed by atoms with Crippen molar-refractivity contribution in [2.75, 3.05) is 6.54 Å². The maximum atomic E-state index is 11.9. The lowest BCUT2D eigenvalue weighted by Gasteiger charge is -2.30. The number of hydrogen-bond acceptors (Lipinski definition) is 2. The molecule has 1 aromatic carbocycles. The van der Waals surface area contributed by atoms with E-state index in [1.165, 1.54) is 16.7 Å². The Hall–Kier alpha value is -1.36. The summed E-state index contributed by atoms with van der Waals surface area (Å²) in [4.78, 5) is 24.2. The third-order valence-corrected chi connectivity index (χ3v) is 3.89.